The molecular weight excluding hydrogens is 521 g/mol. The van der Waals surface area contributed by atoms with E-state index in [9.17, 15) is 28.5 Å². The van der Waals surface area contributed by atoms with Crippen molar-refractivity contribution in [3.8, 4) is 0 Å². The Morgan fingerprint density at radius 3 is 2.82 bits per heavy atom. The third-order valence-electron chi connectivity index (χ3n) is 5.04. The maximum atomic E-state index is 12.8. The summed E-state index contributed by atoms with van der Waals surface area (Å²) in [5.74, 6) is -2.39. The van der Waals surface area contributed by atoms with Crippen LogP contribution in [-0.4, -0.2) is 69.7 Å². The van der Waals surface area contributed by atoms with Crippen molar-refractivity contribution in [1.29, 1.82) is 0 Å². The van der Waals surface area contributed by atoms with Crippen LogP contribution < -0.4 is 5.32 Å². The topological polar surface area (TPSA) is 147 Å². The Bertz CT molecular complexity index is 1190. The number of thiophene rings is 1. The molecule has 3 unspecified atom stereocenters. The number of nitrogens with one attached hydrogen (secondary N) is 1. The Morgan fingerprint density at radius 2 is 2.18 bits per heavy atom. The van der Waals surface area contributed by atoms with Crippen molar-refractivity contribution in [2.45, 2.75) is 39.9 Å². The van der Waals surface area contributed by atoms with Crippen LogP contribution in [-0.2, 0) is 30.0 Å². The van der Waals surface area contributed by atoms with Crippen LogP contribution in [0.25, 0.3) is 0 Å². The van der Waals surface area contributed by atoms with Crippen molar-refractivity contribution in [2.75, 3.05) is 5.75 Å². The first kappa shape index (κ1) is 24.6. The van der Waals surface area contributed by atoms with E-state index in [0.29, 0.717) is 9.92 Å². The number of rotatable bonds is 8. The van der Waals surface area contributed by atoms with E-state index < -0.39 is 50.4 Å². The van der Waals surface area contributed by atoms with Gasteiger partial charge in [0.1, 0.15) is 22.1 Å². The fourth-order valence-corrected chi connectivity index (χ4v) is 7.71. The number of carbonyl (C=O) groups is 4. The van der Waals surface area contributed by atoms with Crippen LogP contribution >= 0.6 is 34.9 Å². The molecule has 1 fully saturated rings. The number of carbonyl (C=O) groups excluding carboxylic acids is 3. The van der Waals surface area contributed by atoms with Crippen molar-refractivity contribution < 1.29 is 28.5 Å². The lowest BCUT2D eigenvalue weighted by Crippen LogP contribution is -2.70. The van der Waals surface area contributed by atoms with Crippen LogP contribution in [0.5, 0.6) is 0 Å². The third-order valence-corrected chi connectivity index (χ3v) is 9.63. The summed E-state index contributed by atoms with van der Waals surface area (Å²) in [7, 11) is -1.36. The quantitative estimate of drug-likeness (QED) is 0.374. The van der Waals surface area contributed by atoms with Crippen molar-refractivity contribution in [3.63, 3.8) is 0 Å². The number of fused-ring (bicyclic) bond motifs is 1. The monoisotopic (exact) mass is 538 g/mol. The molecule has 0 radical (unpaired) electrons. The van der Waals surface area contributed by atoms with E-state index >= 15 is 0 Å². The number of aliphatic carboxylic acids is 1. The second-order valence-corrected chi connectivity index (χ2v) is 12.1. The van der Waals surface area contributed by atoms with Gasteiger partial charge in [0.15, 0.2) is 0 Å². The lowest BCUT2D eigenvalue weighted by atomic mass is 10.0. The minimum absolute atomic E-state index is 0.0117. The predicted molar refractivity (Wildman–Crippen MR) is 127 cm³/mol. The molecule has 0 bridgehead atoms. The zero-order valence-corrected chi connectivity index (χ0v) is 20.8. The highest BCUT2D eigenvalue weighted by molar-refractivity contribution is 8.14. The van der Waals surface area contributed by atoms with E-state index in [4.69, 9.17) is 0 Å². The molecule has 0 saturated carbocycles. The standard InChI is InChI=1S/C20H18N4O6S4/c1-10(34(30)11-4-6-31-8-11)7-13(25)22-15-17(26)24-16(19(27)28)12(9-32-18(15)24)20(29)33-14-3-2-5-21-23-14/h2-6,8,10,15,18H,7,9H2,1H3,(H,22,25)(H,27,28)/t10?,15?,18-,34?/m1/s1. The van der Waals surface area contributed by atoms with Gasteiger partial charge in [0, 0.05) is 39.5 Å². The lowest BCUT2D eigenvalue weighted by Gasteiger charge is -2.49. The normalized spacial score (nSPS) is 21.3. The smallest absolute Gasteiger partial charge is 0.353 e. The van der Waals surface area contributed by atoms with Crippen molar-refractivity contribution >= 4 is 68.6 Å². The summed E-state index contributed by atoms with van der Waals surface area (Å²) in [6.07, 6.45) is 1.40. The first-order valence-corrected chi connectivity index (χ1v) is 13.9. The Kier molecular flexibility index (Phi) is 7.50. The minimum atomic E-state index is -1.40. The second kappa shape index (κ2) is 10.4. The van der Waals surface area contributed by atoms with Gasteiger partial charge in [-0.05, 0) is 42.3 Å². The molecule has 2 aromatic heterocycles. The molecule has 10 nitrogen and oxygen atoms in total. The number of β-lactam (4-membered cyclic amide) rings is 1. The molecule has 1 saturated heterocycles. The van der Waals surface area contributed by atoms with Gasteiger partial charge >= 0.3 is 5.97 Å². The van der Waals surface area contributed by atoms with E-state index in [1.54, 1.807) is 35.9 Å². The van der Waals surface area contributed by atoms with Crippen LogP contribution in [0.15, 0.2) is 56.3 Å². The van der Waals surface area contributed by atoms with Gasteiger partial charge in [0.25, 0.3) is 5.91 Å². The van der Waals surface area contributed by atoms with Crippen LogP contribution in [0.1, 0.15) is 13.3 Å². The highest BCUT2D eigenvalue weighted by atomic mass is 32.2. The van der Waals surface area contributed by atoms with Crippen molar-refractivity contribution in [2.24, 2.45) is 0 Å². The van der Waals surface area contributed by atoms with E-state index in [2.05, 4.69) is 15.5 Å². The second-order valence-electron chi connectivity index (χ2n) is 7.31. The van der Waals surface area contributed by atoms with Crippen LogP contribution in [0, 0.1) is 0 Å². The van der Waals surface area contributed by atoms with Gasteiger partial charge in [0.05, 0.1) is 10.8 Å². The molecule has 2 aliphatic rings. The minimum Gasteiger partial charge on any atom is -0.477 e. The number of carboxylic acids is 1. The number of thioether (sulfide) groups is 2. The van der Waals surface area contributed by atoms with Gasteiger partial charge in [-0.25, -0.2) is 4.79 Å². The summed E-state index contributed by atoms with van der Waals surface area (Å²) >= 11 is 3.35. The molecule has 2 N–H and O–H groups in total. The maximum absolute atomic E-state index is 12.8. The molecule has 178 valence electrons. The van der Waals surface area contributed by atoms with Crippen molar-refractivity contribution in [1.82, 2.24) is 20.4 Å². The summed E-state index contributed by atoms with van der Waals surface area (Å²) in [4.78, 5) is 51.7. The summed E-state index contributed by atoms with van der Waals surface area (Å²) in [6, 6.07) is 3.99. The molecule has 14 heteroatoms. The Balaban J connectivity index is 1.43. The predicted octanol–water partition coefficient (Wildman–Crippen LogP) is 1.48. The number of aromatic nitrogens is 2. The third kappa shape index (κ3) is 4.94. The van der Waals surface area contributed by atoms with E-state index in [1.165, 1.54) is 29.3 Å². The van der Waals surface area contributed by atoms with Crippen LogP contribution in [0.3, 0.4) is 0 Å². The van der Waals surface area contributed by atoms with E-state index in [1.807, 2.05) is 0 Å². The molecule has 4 rings (SSSR count). The molecule has 0 aliphatic carbocycles. The molecule has 34 heavy (non-hydrogen) atoms. The molecular formula is C20H18N4O6S4. The molecule has 0 spiro atoms. The van der Waals surface area contributed by atoms with Gasteiger partial charge in [-0.3, -0.25) is 23.5 Å². The first-order chi connectivity index (χ1) is 16.3. The largest absolute Gasteiger partial charge is 0.477 e. The molecule has 2 aromatic rings. The number of carboxylic acid groups (broad SMARTS) is 1. The zero-order valence-electron chi connectivity index (χ0n) is 17.6. The highest BCUT2D eigenvalue weighted by Crippen LogP contribution is 2.42. The van der Waals surface area contributed by atoms with E-state index in [-0.39, 0.29) is 23.4 Å². The number of hydrogen-bond donors (Lipinski definition) is 2. The van der Waals surface area contributed by atoms with Crippen LogP contribution in [0.4, 0.5) is 0 Å². The van der Waals surface area contributed by atoms with Gasteiger partial charge in [-0.2, -0.15) is 16.4 Å². The van der Waals surface area contributed by atoms with Gasteiger partial charge in [0.2, 0.25) is 11.0 Å². The number of amides is 2. The van der Waals surface area contributed by atoms with Crippen molar-refractivity contribution in [3.05, 3.63) is 46.4 Å². The summed E-state index contributed by atoms with van der Waals surface area (Å²) in [5, 5.41) is 22.1. The summed E-state index contributed by atoms with van der Waals surface area (Å²) in [5.41, 5.74) is -0.394. The Morgan fingerprint density at radius 1 is 1.38 bits per heavy atom. The lowest BCUT2D eigenvalue weighted by molar-refractivity contribution is -0.150. The number of hydrogen-bond acceptors (Lipinski definition) is 10. The SMILES string of the molecule is CC(CC(=O)NC1C(=O)N2C(C(=O)O)=C(C(=O)Sc3cccnn3)CS[C@H]12)S(=O)c1ccsc1. The fraction of sp³-hybridized carbons (Fsp3) is 0.300. The van der Waals surface area contributed by atoms with Gasteiger partial charge < -0.3 is 10.4 Å². The Hall–Kier alpha value is -2.55. The average Bonchev–Trinajstić information content (AvgIpc) is 3.36. The summed E-state index contributed by atoms with van der Waals surface area (Å²) in [6.45, 7) is 1.69. The molecule has 2 amide bonds. The first-order valence-electron chi connectivity index (χ1n) is 9.91. The fourth-order valence-electron chi connectivity index (χ4n) is 3.44. The average molecular weight is 539 g/mol. The van der Waals surface area contributed by atoms with Crippen LogP contribution in [0.2, 0.25) is 0 Å². The number of nitrogens with zero attached hydrogens (tertiary/aromatic N) is 3. The molecule has 2 aliphatic heterocycles. The maximum Gasteiger partial charge on any atom is 0.353 e. The van der Waals surface area contributed by atoms with E-state index in [0.717, 1.165) is 16.7 Å². The van der Waals surface area contributed by atoms with Gasteiger partial charge in [-0.15, -0.1) is 16.9 Å². The Labute approximate surface area is 209 Å². The molecule has 4 atom stereocenters. The highest BCUT2D eigenvalue weighted by Gasteiger charge is 2.55. The van der Waals surface area contributed by atoms with Gasteiger partial charge in [-0.1, -0.05) is 0 Å². The summed E-state index contributed by atoms with van der Waals surface area (Å²) < 4.78 is 12.5. The molecule has 4 heterocycles. The zero-order chi connectivity index (χ0) is 24.4. The molecule has 0 aromatic carbocycles.